The van der Waals surface area contributed by atoms with E-state index in [4.69, 9.17) is 4.74 Å². The Morgan fingerprint density at radius 2 is 1.81 bits per heavy atom. The second-order valence-electron chi connectivity index (χ2n) is 13.2. The summed E-state index contributed by atoms with van der Waals surface area (Å²) in [5.41, 5.74) is 1.32. The van der Waals surface area contributed by atoms with Gasteiger partial charge in [0.2, 0.25) is 12.3 Å². The van der Waals surface area contributed by atoms with Crippen molar-refractivity contribution < 1.29 is 28.7 Å². The van der Waals surface area contributed by atoms with Gasteiger partial charge in [-0.1, -0.05) is 6.07 Å². The average molecular weight is 584 g/mol. The molecule has 2 aliphatic heterocycles. The molecule has 4 rings (SSSR count). The van der Waals surface area contributed by atoms with Gasteiger partial charge in [-0.25, -0.2) is 4.79 Å². The van der Waals surface area contributed by atoms with E-state index in [0.29, 0.717) is 35.4 Å². The second kappa shape index (κ2) is 12.8. The SMILES string of the molecule is CC(CCC(=O)NC=O)N(C)C(=O)c1cccc(N2CCC(N3CC4(CC(NC(=O)OC(C)(C)C)C4)C3)CC2)c1C=O. The number of hydrogen-bond acceptors (Lipinski definition) is 8. The number of aldehydes is 1. The summed E-state index contributed by atoms with van der Waals surface area (Å²) in [5.74, 6) is -0.667. The Kier molecular flexibility index (Phi) is 9.60. The molecule has 0 bridgehead atoms. The standard InChI is InChI=1S/C31H45N5O6/c1-21(9-10-27(39)32-20-38)34(5)28(40)24-7-6-8-26(25(24)17-37)35-13-11-23(12-14-35)36-18-31(19-36)15-22(16-31)33-29(41)42-30(2,3)4/h6-8,17,20-23H,9-16,18-19H2,1-5H3,(H,33,41)(H,32,38,39). The van der Waals surface area contributed by atoms with Crippen molar-refractivity contribution in [2.24, 2.45) is 5.41 Å². The van der Waals surface area contributed by atoms with Crippen LogP contribution in [-0.2, 0) is 14.3 Å². The summed E-state index contributed by atoms with van der Waals surface area (Å²) in [4.78, 5) is 66.0. The van der Waals surface area contributed by atoms with Crippen molar-refractivity contribution in [1.82, 2.24) is 20.4 Å². The molecule has 1 saturated carbocycles. The maximum absolute atomic E-state index is 13.4. The van der Waals surface area contributed by atoms with Crippen LogP contribution in [0.25, 0.3) is 0 Å². The normalized spacial score (nSPS) is 19.7. The maximum Gasteiger partial charge on any atom is 0.407 e. The number of anilines is 1. The first kappa shape index (κ1) is 31.5. The molecule has 3 aliphatic rings. The van der Waals surface area contributed by atoms with E-state index in [0.717, 1.165) is 63.8 Å². The summed E-state index contributed by atoms with van der Waals surface area (Å²) in [5, 5.41) is 5.10. The number of imide groups is 1. The predicted octanol–water partition coefficient (Wildman–Crippen LogP) is 2.97. The largest absolute Gasteiger partial charge is 0.444 e. The highest BCUT2D eigenvalue weighted by Crippen LogP contribution is 2.50. The number of likely N-dealkylation sites (tertiary alicyclic amines) is 1. The summed E-state index contributed by atoms with van der Waals surface area (Å²) >= 11 is 0. The fourth-order valence-corrected chi connectivity index (χ4v) is 6.57. The molecule has 42 heavy (non-hydrogen) atoms. The van der Waals surface area contributed by atoms with Crippen molar-refractivity contribution in [2.75, 3.05) is 38.1 Å². The number of carbonyl (C=O) groups excluding carboxylic acids is 5. The number of piperidine rings is 1. The van der Waals surface area contributed by atoms with Gasteiger partial charge in [0, 0.05) is 63.5 Å². The zero-order valence-electron chi connectivity index (χ0n) is 25.5. The summed E-state index contributed by atoms with van der Waals surface area (Å²) < 4.78 is 5.38. The lowest BCUT2D eigenvalue weighted by molar-refractivity contribution is -0.125. The van der Waals surface area contributed by atoms with Gasteiger partial charge in [0.1, 0.15) is 5.60 Å². The zero-order chi connectivity index (χ0) is 30.7. The number of hydrogen-bond donors (Lipinski definition) is 2. The van der Waals surface area contributed by atoms with Crippen molar-refractivity contribution in [3.63, 3.8) is 0 Å². The van der Waals surface area contributed by atoms with Crippen LogP contribution in [0.3, 0.4) is 0 Å². The van der Waals surface area contributed by atoms with Crippen LogP contribution < -0.4 is 15.5 Å². The molecule has 1 aliphatic carbocycles. The van der Waals surface area contributed by atoms with Crippen LogP contribution in [0.15, 0.2) is 18.2 Å². The Bertz CT molecular complexity index is 1170. The highest BCUT2D eigenvalue weighted by atomic mass is 16.6. The molecule has 4 amide bonds. The van der Waals surface area contributed by atoms with Crippen LogP contribution in [0.2, 0.25) is 0 Å². The number of benzene rings is 1. The summed E-state index contributed by atoms with van der Waals surface area (Å²) in [6.07, 6.45) is 5.23. The van der Waals surface area contributed by atoms with E-state index in [-0.39, 0.29) is 30.5 Å². The molecule has 11 heteroatoms. The maximum atomic E-state index is 13.4. The molecule has 3 fully saturated rings. The molecule has 11 nitrogen and oxygen atoms in total. The number of alkyl carbamates (subject to hydrolysis) is 1. The summed E-state index contributed by atoms with van der Waals surface area (Å²) in [7, 11) is 1.66. The number of amides is 4. The quantitative estimate of drug-likeness (QED) is 0.403. The lowest BCUT2D eigenvalue weighted by Gasteiger charge is -2.61. The molecule has 1 unspecified atom stereocenters. The van der Waals surface area contributed by atoms with Crippen LogP contribution in [0.4, 0.5) is 10.5 Å². The van der Waals surface area contributed by atoms with Gasteiger partial charge in [0.25, 0.3) is 5.91 Å². The number of nitrogens with one attached hydrogen (secondary N) is 2. The molecule has 0 aromatic heterocycles. The fraction of sp³-hybridized carbons (Fsp3) is 0.645. The molecule has 1 aromatic carbocycles. The minimum atomic E-state index is -0.495. The van der Waals surface area contributed by atoms with Gasteiger partial charge in [-0.15, -0.1) is 0 Å². The number of nitrogens with zero attached hydrogens (tertiary/aromatic N) is 3. The van der Waals surface area contributed by atoms with Crippen molar-refractivity contribution in [2.45, 2.75) is 89.9 Å². The van der Waals surface area contributed by atoms with Crippen LogP contribution in [0, 0.1) is 5.41 Å². The number of carbonyl (C=O) groups is 5. The van der Waals surface area contributed by atoms with Gasteiger partial charge in [-0.3, -0.25) is 29.4 Å². The van der Waals surface area contributed by atoms with Gasteiger partial charge < -0.3 is 19.9 Å². The smallest absolute Gasteiger partial charge is 0.407 e. The summed E-state index contributed by atoms with van der Waals surface area (Å²) in [6.45, 7) is 11.1. The second-order valence-corrected chi connectivity index (χ2v) is 13.2. The fourth-order valence-electron chi connectivity index (χ4n) is 6.57. The predicted molar refractivity (Wildman–Crippen MR) is 158 cm³/mol. The molecule has 230 valence electrons. The number of ether oxygens (including phenoxy) is 1. The molecular weight excluding hydrogens is 538 g/mol. The lowest BCUT2D eigenvalue weighted by atomic mass is 9.60. The van der Waals surface area contributed by atoms with E-state index in [9.17, 15) is 24.0 Å². The highest BCUT2D eigenvalue weighted by molar-refractivity contribution is 6.04. The highest BCUT2D eigenvalue weighted by Gasteiger charge is 2.54. The van der Waals surface area contributed by atoms with Crippen molar-refractivity contribution >= 4 is 36.3 Å². The van der Waals surface area contributed by atoms with Crippen molar-refractivity contribution in [3.8, 4) is 0 Å². The Balaban J connectivity index is 1.27. The molecule has 1 spiro atoms. The minimum absolute atomic E-state index is 0.120. The van der Waals surface area contributed by atoms with Gasteiger partial charge >= 0.3 is 6.09 Å². The van der Waals surface area contributed by atoms with Gasteiger partial charge in [-0.2, -0.15) is 0 Å². The molecule has 1 atom stereocenters. The first-order valence-electron chi connectivity index (χ1n) is 14.9. The third-order valence-electron chi connectivity index (χ3n) is 8.90. The number of rotatable bonds is 10. The zero-order valence-corrected chi connectivity index (χ0v) is 25.5. The minimum Gasteiger partial charge on any atom is -0.444 e. The van der Waals surface area contributed by atoms with E-state index in [1.165, 1.54) is 0 Å². The molecule has 2 heterocycles. The van der Waals surface area contributed by atoms with Crippen molar-refractivity contribution in [1.29, 1.82) is 0 Å². The lowest BCUT2D eigenvalue weighted by Crippen LogP contribution is -2.69. The van der Waals surface area contributed by atoms with E-state index in [2.05, 4.69) is 20.4 Å². The molecule has 2 N–H and O–H groups in total. The van der Waals surface area contributed by atoms with Crippen molar-refractivity contribution in [3.05, 3.63) is 29.3 Å². The first-order valence-corrected chi connectivity index (χ1v) is 14.9. The molecule has 0 radical (unpaired) electrons. The summed E-state index contributed by atoms with van der Waals surface area (Å²) in [6, 6.07) is 5.80. The van der Waals surface area contributed by atoms with Gasteiger partial charge in [0.05, 0.1) is 11.1 Å². The Labute approximate surface area is 248 Å². The van der Waals surface area contributed by atoms with Crippen LogP contribution in [0.5, 0.6) is 0 Å². The topological polar surface area (TPSA) is 128 Å². The monoisotopic (exact) mass is 583 g/mol. The average Bonchev–Trinajstić information content (AvgIpc) is 2.90. The van der Waals surface area contributed by atoms with E-state index in [1.54, 1.807) is 18.0 Å². The van der Waals surface area contributed by atoms with E-state index in [1.807, 2.05) is 39.8 Å². The van der Waals surface area contributed by atoms with Crippen LogP contribution >= 0.6 is 0 Å². The Morgan fingerprint density at radius 3 is 2.40 bits per heavy atom. The first-order chi connectivity index (χ1) is 19.8. The third kappa shape index (κ3) is 7.29. The molecular formula is C31H45N5O6. The van der Waals surface area contributed by atoms with Crippen LogP contribution in [-0.4, -0.2) is 97.4 Å². The van der Waals surface area contributed by atoms with Gasteiger partial charge in [-0.05, 0) is 77.3 Å². The third-order valence-corrected chi connectivity index (χ3v) is 8.90. The Morgan fingerprint density at radius 1 is 1.14 bits per heavy atom. The van der Waals surface area contributed by atoms with E-state index < -0.39 is 11.5 Å². The van der Waals surface area contributed by atoms with Crippen LogP contribution in [0.1, 0.15) is 86.9 Å². The molecule has 2 saturated heterocycles. The Hall–Kier alpha value is -3.47. The van der Waals surface area contributed by atoms with E-state index >= 15 is 0 Å². The van der Waals surface area contributed by atoms with Gasteiger partial charge in [0.15, 0.2) is 6.29 Å². The molecule has 1 aromatic rings.